The van der Waals surface area contributed by atoms with Crippen LogP contribution >= 0.6 is 22.9 Å². The minimum absolute atomic E-state index is 0.117. The van der Waals surface area contributed by atoms with Crippen LogP contribution in [-0.2, 0) is 18.3 Å². The number of aromatic nitrogens is 2. The first-order valence-corrected chi connectivity index (χ1v) is 5.82. The molecule has 0 saturated heterocycles. The zero-order chi connectivity index (χ0) is 11.7. The monoisotopic (exact) mass is 256 g/mol. The maximum absolute atomic E-state index is 10.7. The normalized spacial score (nSPS) is 10.6. The van der Waals surface area contributed by atoms with Crippen LogP contribution < -0.4 is 0 Å². The van der Waals surface area contributed by atoms with E-state index in [1.807, 2.05) is 17.5 Å². The van der Waals surface area contributed by atoms with Crippen molar-refractivity contribution in [3.05, 3.63) is 28.4 Å². The molecule has 0 saturated carbocycles. The summed E-state index contributed by atoms with van der Waals surface area (Å²) >= 11 is 7.46. The number of carboxylic acid groups (broad SMARTS) is 1. The molecule has 2 aromatic heterocycles. The van der Waals surface area contributed by atoms with Crippen molar-refractivity contribution in [1.29, 1.82) is 0 Å². The van der Waals surface area contributed by atoms with Gasteiger partial charge in [0.05, 0.1) is 17.0 Å². The third kappa shape index (κ3) is 1.96. The Hall–Kier alpha value is -1.33. The molecule has 2 aromatic rings. The van der Waals surface area contributed by atoms with Gasteiger partial charge >= 0.3 is 5.97 Å². The number of carboxylic acids is 1. The van der Waals surface area contributed by atoms with Crippen LogP contribution in [0.15, 0.2) is 17.5 Å². The minimum Gasteiger partial charge on any atom is -0.481 e. The van der Waals surface area contributed by atoms with E-state index in [0.29, 0.717) is 11.5 Å². The number of rotatable bonds is 3. The van der Waals surface area contributed by atoms with Gasteiger partial charge in [-0.05, 0) is 11.4 Å². The molecule has 1 N–H and O–H groups in total. The number of hydrogen-bond donors (Lipinski definition) is 1. The highest BCUT2D eigenvalue weighted by Crippen LogP contribution is 2.27. The fourth-order valence-electron chi connectivity index (χ4n) is 1.46. The van der Waals surface area contributed by atoms with Gasteiger partial charge in [-0.25, -0.2) is 4.98 Å². The first-order chi connectivity index (χ1) is 7.59. The van der Waals surface area contributed by atoms with Gasteiger partial charge in [-0.15, -0.1) is 11.3 Å². The van der Waals surface area contributed by atoms with Gasteiger partial charge in [0.15, 0.2) is 11.0 Å². The van der Waals surface area contributed by atoms with Gasteiger partial charge in [-0.2, -0.15) is 0 Å². The molecule has 0 unspecified atom stereocenters. The number of carbonyl (C=O) groups is 1. The van der Waals surface area contributed by atoms with Gasteiger partial charge in [0.1, 0.15) is 0 Å². The van der Waals surface area contributed by atoms with Gasteiger partial charge in [0, 0.05) is 7.05 Å². The summed E-state index contributed by atoms with van der Waals surface area (Å²) in [7, 11) is 1.77. The SMILES string of the molecule is Cn1c(-c2cccs2)nc(Cl)c1CC(=O)O. The Bertz CT molecular complexity index is 519. The molecule has 16 heavy (non-hydrogen) atoms. The highest BCUT2D eigenvalue weighted by molar-refractivity contribution is 7.13. The van der Waals surface area contributed by atoms with Crippen molar-refractivity contribution in [2.24, 2.45) is 7.05 Å². The lowest BCUT2D eigenvalue weighted by Gasteiger charge is -2.02. The largest absolute Gasteiger partial charge is 0.481 e. The van der Waals surface area contributed by atoms with Crippen LogP contribution in [0.3, 0.4) is 0 Å². The van der Waals surface area contributed by atoms with Crippen LogP contribution in [0.4, 0.5) is 0 Å². The maximum atomic E-state index is 10.7. The summed E-state index contributed by atoms with van der Waals surface area (Å²) in [6.45, 7) is 0. The second-order valence-corrected chi connectivity index (χ2v) is 4.59. The molecule has 0 aliphatic heterocycles. The Morgan fingerprint density at radius 1 is 1.69 bits per heavy atom. The van der Waals surface area contributed by atoms with Crippen LogP contribution in [0.25, 0.3) is 10.7 Å². The average molecular weight is 257 g/mol. The van der Waals surface area contributed by atoms with E-state index in [9.17, 15) is 4.79 Å². The first kappa shape index (κ1) is 11.2. The zero-order valence-corrected chi connectivity index (χ0v) is 10.0. The summed E-state index contributed by atoms with van der Waals surface area (Å²) in [5.41, 5.74) is 0.526. The number of thiophene rings is 1. The molecule has 0 spiro atoms. The Morgan fingerprint density at radius 3 is 3.00 bits per heavy atom. The van der Waals surface area contributed by atoms with Crippen molar-refractivity contribution in [3.8, 4) is 10.7 Å². The van der Waals surface area contributed by atoms with E-state index in [1.165, 1.54) is 0 Å². The van der Waals surface area contributed by atoms with Gasteiger partial charge in [-0.1, -0.05) is 17.7 Å². The molecule has 0 aromatic carbocycles. The lowest BCUT2D eigenvalue weighted by atomic mass is 10.3. The molecule has 2 heterocycles. The topological polar surface area (TPSA) is 55.1 Å². The van der Waals surface area contributed by atoms with E-state index in [2.05, 4.69) is 4.98 Å². The third-order valence-corrected chi connectivity index (χ3v) is 3.39. The summed E-state index contributed by atoms with van der Waals surface area (Å²) in [5, 5.41) is 11.0. The third-order valence-electron chi connectivity index (χ3n) is 2.23. The van der Waals surface area contributed by atoms with Crippen molar-refractivity contribution < 1.29 is 9.90 Å². The quantitative estimate of drug-likeness (QED) is 0.918. The molecule has 84 valence electrons. The van der Waals surface area contributed by atoms with E-state index in [-0.39, 0.29) is 11.6 Å². The van der Waals surface area contributed by atoms with Gasteiger partial charge in [0.25, 0.3) is 0 Å². The molecule has 0 bridgehead atoms. The van der Waals surface area contributed by atoms with E-state index < -0.39 is 5.97 Å². The van der Waals surface area contributed by atoms with Crippen molar-refractivity contribution in [2.75, 3.05) is 0 Å². The molecule has 0 fully saturated rings. The summed E-state index contributed by atoms with van der Waals surface area (Å²) in [4.78, 5) is 15.8. The van der Waals surface area contributed by atoms with E-state index in [1.54, 1.807) is 23.0 Å². The first-order valence-electron chi connectivity index (χ1n) is 4.56. The Balaban J connectivity index is 2.46. The molecule has 6 heteroatoms. The van der Waals surface area contributed by atoms with Crippen LogP contribution in [0.5, 0.6) is 0 Å². The molecule has 4 nitrogen and oxygen atoms in total. The summed E-state index contributed by atoms with van der Waals surface area (Å²) in [5.74, 6) is -0.209. The minimum atomic E-state index is -0.914. The molecular weight excluding hydrogens is 248 g/mol. The molecule has 0 amide bonds. The van der Waals surface area contributed by atoms with E-state index in [4.69, 9.17) is 16.7 Å². The highest BCUT2D eigenvalue weighted by Gasteiger charge is 2.17. The average Bonchev–Trinajstić information content (AvgIpc) is 2.80. The predicted molar refractivity (Wildman–Crippen MR) is 62.9 cm³/mol. The molecule has 0 aliphatic rings. The molecule has 2 rings (SSSR count). The summed E-state index contributed by atoms with van der Waals surface area (Å²) < 4.78 is 1.72. The lowest BCUT2D eigenvalue weighted by molar-refractivity contribution is -0.136. The fraction of sp³-hybridized carbons (Fsp3) is 0.200. The van der Waals surface area contributed by atoms with Crippen LogP contribution in [0, 0.1) is 0 Å². The van der Waals surface area contributed by atoms with Crippen molar-refractivity contribution in [1.82, 2.24) is 9.55 Å². The number of nitrogens with zero attached hydrogens (tertiary/aromatic N) is 2. The fourth-order valence-corrected chi connectivity index (χ4v) is 2.48. The Labute approximate surface area is 101 Å². The highest BCUT2D eigenvalue weighted by atomic mass is 35.5. The summed E-state index contributed by atoms with van der Waals surface area (Å²) in [6, 6.07) is 3.84. The number of halogens is 1. The van der Waals surface area contributed by atoms with Crippen LogP contribution in [0.1, 0.15) is 5.69 Å². The molecule has 0 atom stereocenters. The predicted octanol–water partition coefficient (Wildman–Crippen LogP) is 2.43. The second-order valence-electron chi connectivity index (χ2n) is 3.28. The lowest BCUT2D eigenvalue weighted by Crippen LogP contribution is -2.06. The molecule has 0 aliphatic carbocycles. The number of imidazole rings is 1. The molecular formula is C10H9ClN2O2S. The van der Waals surface area contributed by atoms with Crippen LogP contribution in [-0.4, -0.2) is 20.6 Å². The van der Waals surface area contributed by atoms with Crippen molar-refractivity contribution in [2.45, 2.75) is 6.42 Å². The maximum Gasteiger partial charge on any atom is 0.309 e. The van der Waals surface area contributed by atoms with Gasteiger partial charge < -0.3 is 9.67 Å². The number of aliphatic carboxylic acids is 1. The van der Waals surface area contributed by atoms with E-state index >= 15 is 0 Å². The Kier molecular flexibility index (Phi) is 2.98. The Morgan fingerprint density at radius 2 is 2.44 bits per heavy atom. The van der Waals surface area contributed by atoms with Gasteiger partial charge in [0.2, 0.25) is 0 Å². The standard InChI is InChI=1S/C10H9ClN2O2S/c1-13-6(5-8(14)15)9(11)12-10(13)7-3-2-4-16-7/h2-4H,5H2,1H3,(H,14,15). The summed E-state index contributed by atoms with van der Waals surface area (Å²) in [6.07, 6.45) is -0.117. The smallest absolute Gasteiger partial charge is 0.309 e. The number of hydrogen-bond acceptors (Lipinski definition) is 3. The zero-order valence-electron chi connectivity index (χ0n) is 8.48. The van der Waals surface area contributed by atoms with E-state index in [0.717, 1.165) is 4.88 Å². The van der Waals surface area contributed by atoms with Crippen molar-refractivity contribution in [3.63, 3.8) is 0 Å². The van der Waals surface area contributed by atoms with Gasteiger partial charge in [-0.3, -0.25) is 4.79 Å². The van der Waals surface area contributed by atoms with Crippen LogP contribution in [0.2, 0.25) is 5.15 Å². The molecule has 0 radical (unpaired) electrons. The second kappa shape index (κ2) is 4.27. The van der Waals surface area contributed by atoms with Crippen molar-refractivity contribution >= 4 is 28.9 Å².